The first-order valence-electron chi connectivity index (χ1n) is 5.79. The van der Waals surface area contributed by atoms with E-state index in [1.54, 1.807) is 0 Å². The van der Waals surface area contributed by atoms with Gasteiger partial charge in [-0.2, -0.15) is 0 Å². The Kier molecular flexibility index (Phi) is 7.27. The van der Waals surface area contributed by atoms with Crippen LogP contribution in [-0.2, 0) is 21.2 Å². The molecule has 0 radical (unpaired) electrons. The van der Waals surface area contributed by atoms with Crippen LogP contribution in [0.4, 0.5) is 0 Å². The van der Waals surface area contributed by atoms with Crippen molar-refractivity contribution < 1.29 is 13.2 Å². The lowest BCUT2D eigenvalue weighted by Gasteiger charge is -2.07. The molecule has 0 aromatic heterocycles. The third-order valence-corrected chi connectivity index (χ3v) is 3.83. The van der Waals surface area contributed by atoms with E-state index in [1.807, 2.05) is 30.3 Å². The van der Waals surface area contributed by atoms with Crippen LogP contribution in [-0.4, -0.2) is 39.8 Å². The predicted molar refractivity (Wildman–Crippen MR) is 73.5 cm³/mol. The highest BCUT2D eigenvalue weighted by atomic mass is 35.5. The molecule has 0 atom stereocenters. The minimum Gasteiger partial charge on any atom is -0.379 e. The molecular formula is C12H18ClNO3S. The minimum atomic E-state index is -3.23. The molecule has 0 spiro atoms. The van der Waals surface area contributed by atoms with Crippen LogP contribution in [0.2, 0.25) is 0 Å². The topological polar surface area (TPSA) is 55.4 Å². The summed E-state index contributed by atoms with van der Waals surface area (Å²) in [6.07, 6.45) is 0.513. The van der Waals surface area contributed by atoms with Gasteiger partial charge >= 0.3 is 0 Å². The molecule has 102 valence electrons. The molecular weight excluding hydrogens is 274 g/mol. The summed E-state index contributed by atoms with van der Waals surface area (Å²) in [6, 6.07) is 9.54. The predicted octanol–water partition coefficient (Wildman–Crippen LogP) is 1.40. The molecule has 0 heterocycles. The highest BCUT2D eigenvalue weighted by Crippen LogP contribution is 2.01. The van der Waals surface area contributed by atoms with Crippen LogP contribution in [0.15, 0.2) is 30.3 Å². The lowest BCUT2D eigenvalue weighted by molar-refractivity contribution is 0.155. The Morgan fingerprint density at radius 1 is 1.17 bits per heavy atom. The van der Waals surface area contributed by atoms with Crippen molar-refractivity contribution in [2.75, 3.05) is 31.4 Å². The van der Waals surface area contributed by atoms with Gasteiger partial charge in [0.2, 0.25) is 10.0 Å². The van der Waals surface area contributed by atoms with E-state index in [2.05, 4.69) is 4.72 Å². The number of halogens is 1. The highest BCUT2D eigenvalue weighted by molar-refractivity contribution is 7.89. The summed E-state index contributed by atoms with van der Waals surface area (Å²) in [5.41, 5.74) is 1.02. The van der Waals surface area contributed by atoms with Gasteiger partial charge < -0.3 is 4.74 Å². The van der Waals surface area contributed by atoms with Crippen molar-refractivity contribution in [3.8, 4) is 0 Å². The molecule has 0 aliphatic rings. The fourth-order valence-corrected chi connectivity index (χ4v) is 2.55. The Balaban J connectivity index is 2.23. The van der Waals surface area contributed by atoms with Gasteiger partial charge in [0.25, 0.3) is 0 Å². The number of nitrogens with one attached hydrogen (secondary N) is 1. The van der Waals surface area contributed by atoms with Crippen molar-refractivity contribution in [3.05, 3.63) is 35.9 Å². The summed E-state index contributed by atoms with van der Waals surface area (Å²) in [5.74, 6) is 0.507. The first kappa shape index (κ1) is 15.4. The van der Waals surface area contributed by atoms with Crippen molar-refractivity contribution in [2.24, 2.45) is 0 Å². The molecule has 0 bridgehead atoms. The molecule has 0 amide bonds. The van der Waals surface area contributed by atoms with E-state index in [0.29, 0.717) is 25.5 Å². The van der Waals surface area contributed by atoms with Gasteiger partial charge in [0, 0.05) is 12.4 Å². The van der Waals surface area contributed by atoms with Gasteiger partial charge in [0.05, 0.1) is 19.0 Å². The van der Waals surface area contributed by atoms with Gasteiger partial charge in [-0.05, 0) is 12.0 Å². The molecule has 0 aliphatic heterocycles. The summed E-state index contributed by atoms with van der Waals surface area (Å²) < 4.78 is 30.9. The van der Waals surface area contributed by atoms with Gasteiger partial charge in [0.1, 0.15) is 0 Å². The SMILES string of the molecule is O=S(=O)(CCc1ccccc1)NCCOCCCl. The lowest BCUT2D eigenvalue weighted by Crippen LogP contribution is -2.30. The van der Waals surface area contributed by atoms with Crippen LogP contribution in [0.5, 0.6) is 0 Å². The van der Waals surface area contributed by atoms with Crippen LogP contribution in [0.1, 0.15) is 5.56 Å². The van der Waals surface area contributed by atoms with Crippen LogP contribution >= 0.6 is 11.6 Å². The van der Waals surface area contributed by atoms with E-state index in [-0.39, 0.29) is 12.3 Å². The molecule has 0 aliphatic carbocycles. The maximum atomic E-state index is 11.6. The fraction of sp³-hybridized carbons (Fsp3) is 0.500. The van der Waals surface area contributed by atoms with Crippen molar-refractivity contribution in [1.29, 1.82) is 0 Å². The molecule has 1 N–H and O–H groups in total. The maximum Gasteiger partial charge on any atom is 0.211 e. The van der Waals surface area contributed by atoms with Crippen LogP contribution in [0.3, 0.4) is 0 Å². The van der Waals surface area contributed by atoms with Gasteiger partial charge in [-0.25, -0.2) is 13.1 Å². The summed E-state index contributed by atoms with van der Waals surface area (Å²) in [6.45, 7) is 1.07. The van der Waals surface area contributed by atoms with Crippen LogP contribution in [0.25, 0.3) is 0 Å². The summed E-state index contributed by atoms with van der Waals surface area (Å²) in [7, 11) is -3.23. The van der Waals surface area contributed by atoms with E-state index >= 15 is 0 Å². The van der Waals surface area contributed by atoms with Gasteiger partial charge in [0.15, 0.2) is 0 Å². The first-order chi connectivity index (χ1) is 8.64. The van der Waals surface area contributed by atoms with Gasteiger partial charge in [-0.15, -0.1) is 11.6 Å². The molecule has 0 unspecified atom stereocenters. The Bertz CT molecular complexity index is 422. The van der Waals surface area contributed by atoms with Crippen molar-refractivity contribution >= 4 is 21.6 Å². The average Bonchev–Trinajstić information content (AvgIpc) is 2.38. The number of sulfonamides is 1. The third kappa shape index (κ3) is 6.96. The van der Waals surface area contributed by atoms with Crippen molar-refractivity contribution in [2.45, 2.75) is 6.42 Å². The second-order valence-electron chi connectivity index (χ2n) is 3.75. The summed E-state index contributed by atoms with van der Waals surface area (Å²) in [5, 5.41) is 0. The normalized spacial score (nSPS) is 11.6. The van der Waals surface area contributed by atoms with Crippen LogP contribution in [0, 0.1) is 0 Å². The van der Waals surface area contributed by atoms with Gasteiger partial charge in [-0.3, -0.25) is 0 Å². The van der Waals surface area contributed by atoms with E-state index in [9.17, 15) is 8.42 Å². The van der Waals surface area contributed by atoms with Gasteiger partial charge in [-0.1, -0.05) is 30.3 Å². The second kappa shape index (κ2) is 8.48. The maximum absolute atomic E-state index is 11.6. The second-order valence-corrected chi connectivity index (χ2v) is 6.05. The highest BCUT2D eigenvalue weighted by Gasteiger charge is 2.09. The number of alkyl halides is 1. The Morgan fingerprint density at radius 3 is 2.56 bits per heavy atom. The molecule has 0 fully saturated rings. The van der Waals surface area contributed by atoms with Crippen molar-refractivity contribution in [3.63, 3.8) is 0 Å². The number of rotatable bonds is 9. The van der Waals surface area contributed by atoms with E-state index in [1.165, 1.54) is 0 Å². The monoisotopic (exact) mass is 291 g/mol. The van der Waals surface area contributed by atoms with E-state index in [0.717, 1.165) is 5.56 Å². The number of benzene rings is 1. The minimum absolute atomic E-state index is 0.0898. The molecule has 1 aromatic rings. The molecule has 4 nitrogen and oxygen atoms in total. The first-order valence-corrected chi connectivity index (χ1v) is 7.98. The third-order valence-electron chi connectivity index (χ3n) is 2.29. The number of hydrogen-bond donors (Lipinski definition) is 1. The smallest absolute Gasteiger partial charge is 0.211 e. The Morgan fingerprint density at radius 2 is 1.89 bits per heavy atom. The van der Waals surface area contributed by atoms with E-state index < -0.39 is 10.0 Å². The molecule has 6 heteroatoms. The van der Waals surface area contributed by atoms with E-state index in [4.69, 9.17) is 16.3 Å². The Hall–Kier alpha value is -0.620. The van der Waals surface area contributed by atoms with Crippen molar-refractivity contribution in [1.82, 2.24) is 4.72 Å². The summed E-state index contributed by atoms with van der Waals surface area (Å²) in [4.78, 5) is 0. The molecule has 0 saturated heterocycles. The largest absolute Gasteiger partial charge is 0.379 e. The number of hydrogen-bond acceptors (Lipinski definition) is 3. The zero-order chi connectivity index (χ0) is 13.3. The summed E-state index contributed by atoms with van der Waals surface area (Å²) >= 11 is 5.42. The standard InChI is InChI=1S/C12H18ClNO3S/c13-7-9-17-10-8-14-18(15,16)11-6-12-4-2-1-3-5-12/h1-5,14H,6-11H2. The molecule has 0 saturated carbocycles. The molecule has 18 heavy (non-hydrogen) atoms. The number of aryl methyl sites for hydroxylation is 1. The van der Waals surface area contributed by atoms with Crippen LogP contribution < -0.4 is 4.72 Å². The molecule has 1 aromatic carbocycles. The Labute approximate surface area is 113 Å². The number of ether oxygens (including phenoxy) is 1. The lowest BCUT2D eigenvalue weighted by atomic mass is 10.2. The quantitative estimate of drug-likeness (QED) is 0.553. The molecule has 1 rings (SSSR count). The zero-order valence-corrected chi connectivity index (χ0v) is 11.7. The zero-order valence-electron chi connectivity index (χ0n) is 10.1. The fourth-order valence-electron chi connectivity index (χ4n) is 1.40. The average molecular weight is 292 g/mol.